The summed E-state index contributed by atoms with van der Waals surface area (Å²) in [5, 5.41) is 0. The second-order valence-corrected chi connectivity index (χ2v) is 8.95. The van der Waals surface area contributed by atoms with E-state index in [9.17, 15) is 4.79 Å². The number of furan rings is 1. The van der Waals surface area contributed by atoms with Gasteiger partial charge in [0.15, 0.2) is 0 Å². The molecule has 2 atom stereocenters. The molecule has 3 aromatic heterocycles. The van der Waals surface area contributed by atoms with Crippen LogP contribution in [0.5, 0.6) is 0 Å². The molecule has 2 aliphatic rings. The van der Waals surface area contributed by atoms with Gasteiger partial charge in [0.05, 0.1) is 19.1 Å². The molecule has 0 radical (unpaired) electrons. The Hall–Kier alpha value is -2.64. The average molecular weight is 408 g/mol. The molecule has 0 spiro atoms. The Bertz CT molecular complexity index is 1070. The molecule has 2 aliphatic heterocycles. The van der Waals surface area contributed by atoms with Crippen molar-refractivity contribution in [3.8, 4) is 0 Å². The zero-order chi connectivity index (χ0) is 20.7. The van der Waals surface area contributed by atoms with Crippen molar-refractivity contribution >= 4 is 0 Å². The van der Waals surface area contributed by atoms with E-state index in [1.807, 2.05) is 49.5 Å². The van der Waals surface area contributed by atoms with Gasteiger partial charge in [0.25, 0.3) is 5.56 Å². The van der Waals surface area contributed by atoms with Gasteiger partial charge in [-0.05, 0) is 31.5 Å². The van der Waals surface area contributed by atoms with Gasteiger partial charge < -0.3 is 13.6 Å². The Kier molecular flexibility index (Phi) is 5.08. The number of fused-ring (bicyclic) bond motifs is 4. The maximum absolute atomic E-state index is 13.3. The summed E-state index contributed by atoms with van der Waals surface area (Å²) in [6, 6.07) is 6.27. The number of aromatic nitrogens is 3. The van der Waals surface area contributed by atoms with Crippen LogP contribution >= 0.6 is 0 Å². The predicted octanol–water partition coefficient (Wildman–Crippen LogP) is 2.43. The van der Waals surface area contributed by atoms with Gasteiger partial charge in [0.2, 0.25) is 0 Å². The fourth-order valence-electron chi connectivity index (χ4n) is 5.12. The lowest BCUT2D eigenvalue weighted by Gasteiger charge is -2.43. The maximum atomic E-state index is 13.3. The first-order valence-electron chi connectivity index (χ1n) is 10.7. The van der Waals surface area contributed by atoms with Gasteiger partial charge in [-0.1, -0.05) is 6.07 Å². The molecule has 5 rings (SSSR count). The molecule has 30 heavy (non-hydrogen) atoms. The topological polar surface area (TPSA) is 59.4 Å². The fraction of sp³-hybridized carbons (Fsp3) is 0.478. The molecule has 3 aromatic rings. The molecule has 2 bridgehead atoms. The Labute approximate surface area is 176 Å². The summed E-state index contributed by atoms with van der Waals surface area (Å²) < 4.78 is 9.30. The monoisotopic (exact) mass is 407 g/mol. The van der Waals surface area contributed by atoms with E-state index in [1.54, 1.807) is 6.26 Å². The molecule has 158 valence electrons. The summed E-state index contributed by atoms with van der Waals surface area (Å²) >= 11 is 0. The van der Waals surface area contributed by atoms with Gasteiger partial charge in [0.1, 0.15) is 5.82 Å². The van der Waals surface area contributed by atoms with Crippen LogP contribution in [0.25, 0.3) is 0 Å². The Morgan fingerprint density at radius 2 is 2.10 bits per heavy atom. The van der Waals surface area contributed by atoms with Crippen LogP contribution in [-0.4, -0.2) is 44.1 Å². The highest BCUT2D eigenvalue weighted by Gasteiger charge is 2.35. The molecule has 5 heterocycles. The largest absolute Gasteiger partial charge is 0.472 e. The maximum Gasteiger partial charge on any atom is 0.255 e. The predicted molar refractivity (Wildman–Crippen MR) is 114 cm³/mol. The van der Waals surface area contributed by atoms with Crippen molar-refractivity contribution in [2.75, 3.05) is 20.1 Å². The van der Waals surface area contributed by atoms with Gasteiger partial charge in [-0.25, -0.2) is 4.98 Å². The number of likely N-dealkylation sites (tertiary alicyclic amines) is 1. The van der Waals surface area contributed by atoms with Crippen LogP contribution < -0.4 is 5.56 Å². The summed E-state index contributed by atoms with van der Waals surface area (Å²) in [7, 11) is 4.04. The van der Waals surface area contributed by atoms with Gasteiger partial charge in [-0.2, -0.15) is 0 Å². The van der Waals surface area contributed by atoms with E-state index in [-0.39, 0.29) is 5.56 Å². The second kappa shape index (κ2) is 7.89. The summed E-state index contributed by atoms with van der Waals surface area (Å²) in [4.78, 5) is 22.3. The van der Waals surface area contributed by atoms with Crippen LogP contribution in [-0.2, 0) is 33.2 Å². The van der Waals surface area contributed by atoms with Gasteiger partial charge in [-0.15, -0.1) is 0 Å². The number of hydrogen-bond acceptors (Lipinski definition) is 5. The van der Waals surface area contributed by atoms with E-state index in [0.29, 0.717) is 18.4 Å². The van der Waals surface area contributed by atoms with Crippen molar-refractivity contribution in [3.05, 3.63) is 76.1 Å². The summed E-state index contributed by atoms with van der Waals surface area (Å²) in [6.45, 7) is 5.14. The first-order chi connectivity index (χ1) is 14.6. The highest BCUT2D eigenvalue weighted by Crippen LogP contribution is 2.35. The van der Waals surface area contributed by atoms with Crippen LogP contribution in [0.3, 0.4) is 0 Å². The molecule has 7 nitrogen and oxygen atoms in total. The Morgan fingerprint density at radius 1 is 1.20 bits per heavy atom. The third-order valence-corrected chi connectivity index (χ3v) is 6.52. The minimum Gasteiger partial charge on any atom is -0.472 e. The van der Waals surface area contributed by atoms with E-state index in [4.69, 9.17) is 4.42 Å². The molecule has 1 fully saturated rings. The van der Waals surface area contributed by atoms with Crippen LogP contribution in [0.15, 0.2) is 52.3 Å². The summed E-state index contributed by atoms with van der Waals surface area (Å²) in [6.07, 6.45) is 8.51. The normalized spacial score (nSPS) is 21.2. The number of nitrogens with zero attached hydrogens (tertiary/aromatic N) is 5. The standard InChI is InChI=1S/C23H29N5O2/c1-25(15-22-24-6-7-26(22)2)13-19-3-4-21-20-9-18(12-28(21)23(19)29)11-27(14-20)10-17-5-8-30-16-17/h3-8,16,18,20H,9-15H2,1-2H3/t18-,20+/m0/s1. The highest BCUT2D eigenvalue weighted by atomic mass is 16.3. The first kappa shape index (κ1) is 19.3. The van der Waals surface area contributed by atoms with E-state index in [2.05, 4.69) is 25.4 Å². The van der Waals surface area contributed by atoms with Crippen molar-refractivity contribution in [3.63, 3.8) is 0 Å². The lowest BCUT2D eigenvalue weighted by Crippen LogP contribution is -2.47. The molecular formula is C23H29N5O2. The zero-order valence-corrected chi connectivity index (χ0v) is 17.7. The van der Waals surface area contributed by atoms with Crippen molar-refractivity contribution < 1.29 is 4.42 Å². The summed E-state index contributed by atoms with van der Waals surface area (Å²) in [5.74, 6) is 1.96. The SMILES string of the molecule is CN(Cc1ccc2n(c1=O)C[C@H]1C[C@@H]2CN(Cc2ccoc2)C1)Cc1nccn1C. The number of hydrogen-bond donors (Lipinski definition) is 0. The van der Waals surface area contributed by atoms with Crippen LogP contribution in [0, 0.1) is 5.92 Å². The van der Waals surface area contributed by atoms with Gasteiger partial charge >= 0.3 is 0 Å². The summed E-state index contributed by atoms with van der Waals surface area (Å²) in [5.41, 5.74) is 3.46. The number of piperidine rings is 1. The lowest BCUT2D eigenvalue weighted by atomic mass is 9.83. The smallest absolute Gasteiger partial charge is 0.255 e. The minimum absolute atomic E-state index is 0.178. The Balaban J connectivity index is 1.32. The molecule has 0 unspecified atom stereocenters. The van der Waals surface area contributed by atoms with Gasteiger partial charge in [-0.3, -0.25) is 14.6 Å². The zero-order valence-electron chi connectivity index (χ0n) is 17.7. The fourth-order valence-corrected chi connectivity index (χ4v) is 5.12. The lowest BCUT2D eigenvalue weighted by molar-refractivity contribution is 0.114. The van der Waals surface area contributed by atoms with Crippen LogP contribution in [0.4, 0.5) is 0 Å². The number of pyridine rings is 1. The van der Waals surface area contributed by atoms with E-state index >= 15 is 0 Å². The van der Waals surface area contributed by atoms with Crippen molar-refractivity contribution in [2.45, 2.75) is 38.5 Å². The molecule has 0 aliphatic carbocycles. The number of rotatable bonds is 6. The minimum atomic E-state index is 0.178. The highest BCUT2D eigenvalue weighted by molar-refractivity contribution is 5.22. The number of imidazole rings is 1. The van der Waals surface area contributed by atoms with Crippen molar-refractivity contribution in [2.24, 2.45) is 13.0 Å². The molecule has 0 N–H and O–H groups in total. The molecule has 0 saturated carbocycles. The van der Waals surface area contributed by atoms with Crippen LogP contribution in [0.2, 0.25) is 0 Å². The van der Waals surface area contributed by atoms with Crippen LogP contribution in [0.1, 0.15) is 35.0 Å². The van der Waals surface area contributed by atoms with E-state index in [1.165, 1.54) is 17.7 Å². The van der Waals surface area contributed by atoms with Crippen molar-refractivity contribution in [1.29, 1.82) is 0 Å². The van der Waals surface area contributed by atoms with E-state index in [0.717, 1.165) is 44.1 Å². The quantitative estimate of drug-likeness (QED) is 0.628. The van der Waals surface area contributed by atoms with Gasteiger partial charge in [0, 0.05) is 74.9 Å². The third kappa shape index (κ3) is 3.75. The second-order valence-electron chi connectivity index (χ2n) is 8.95. The third-order valence-electron chi connectivity index (χ3n) is 6.52. The van der Waals surface area contributed by atoms with E-state index < -0.39 is 0 Å². The first-order valence-corrected chi connectivity index (χ1v) is 10.7. The number of aryl methyl sites for hydroxylation is 1. The van der Waals surface area contributed by atoms with Crippen molar-refractivity contribution in [1.82, 2.24) is 23.9 Å². The molecule has 0 aromatic carbocycles. The molecule has 0 amide bonds. The average Bonchev–Trinajstić information content (AvgIpc) is 3.36. The molecule has 1 saturated heterocycles. The molecular weight excluding hydrogens is 378 g/mol. The molecule has 7 heteroatoms. The Morgan fingerprint density at radius 3 is 2.87 bits per heavy atom.